The van der Waals surface area contributed by atoms with Gasteiger partial charge in [0.2, 0.25) is 0 Å². The second-order valence-corrected chi connectivity index (χ2v) is 7.23. The summed E-state index contributed by atoms with van der Waals surface area (Å²) < 4.78 is 0. The molecule has 20 heavy (non-hydrogen) atoms. The molecule has 1 heterocycles. The van der Waals surface area contributed by atoms with Crippen molar-refractivity contribution in [2.45, 2.75) is 82.7 Å². The number of carboxylic acids is 1. The molecule has 3 atom stereocenters. The summed E-state index contributed by atoms with van der Waals surface area (Å²) in [6, 6.07) is 0.389. The van der Waals surface area contributed by atoms with Gasteiger partial charge >= 0.3 is 5.97 Å². The predicted molar refractivity (Wildman–Crippen MR) is 79.7 cm³/mol. The summed E-state index contributed by atoms with van der Waals surface area (Å²) in [5, 5.41) is 9.53. The maximum atomic E-state index is 11.6. The minimum absolute atomic E-state index is 0.188. The lowest BCUT2D eigenvalue weighted by Gasteiger charge is -2.34. The highest BCUT2D eigenvalue weighted by Gasteiger charge is 2.44. The largest absolute Gasteiger partial charge is 0.480 e. The second-order valence-electron chi connectivity index (χ2n) is 7.23. The molecule has 0 aromatic carbocycles. The van der Waals surface area contributed by atoms with Gasteiger partial charge in [0.1, 0.15) is 6.04 Å². The molecule has 3 aliphatic rings. The van der Waals surface area contributed by atoms with E-state index in [0.29, 0.717) is 12.0 Å². The molecule has 2 saturated carbocycles. The van der Waals surface area contributed by atoms with E-state index in [1.165, 1.54) is 64.2 Å². The summed E-state index contributed by atoms with van der Waals surface area (Å²) in [6.07, 6.45) is 14.2. The van der Waals surface area contributed by atoms with Gasteiger partial charge in [-0.25, -0.2) is 0 Å². The molecule has 3 unspecified atom stereocenters. The number of aliphatic carboxylic acids is 1. The number of hydrogen-bond donors (Lipinski definition) is 1. The number of carbonyl (C=O) groups is 1. The molecule has 0 aromatic heterocycles. The summed E-state index contributed by atoms with van der Waals surface area (Å²) in [4.78, 5) is 13.9. The number of nitrogens with zero attached hydrogens (tertiary/aromatic N) is 1. The minimum Gasteiger partial charge on any atom is -0.480 e. The Morgan fingerprint density at radius 1 is 1.00 bits per heavy atom. The van der Waals surface area contributed by atoms with Gasteiger partial charge in [-0.1, -0.05) is 44.9 Å². The van der Waals surface area contributed by atoms with Gasteiger partial charge in [0.05, 0.1) is 0 Å². The summed E-state index contributed by atoms with van der Waals surface area (Å²) in [7, 11) is 0. The Balaban J connectivity index is 1.60. The van der Waals surface area contributed by atoms with Gasteiger partial charge in [0, 0.05) is 6.04 Å². The van der Waals surface area contributed by atoms with Crippen LogP contribution in [0.15, 0.2) is 0 Å². The smallest absolute Gasteiger partial charge is 0.320 e. The van der Waals surface area contributed by atoms with E-state index < -0.39 is 5.97 Å². The molecule has 0 bridgehead atoms. The van der Waals surface area contributed by atoms with E-state index >= 15 is 0 Å². The Hall–Kier alpha value is -0.570. The van der Waals surface area contributed by atoms with Gasteiger partial charge in [-0.2, -0.15) is 0 Å². The molecule has 1 N–H and O–H groups in total. The number of hydrogen-bond acceptors (Lipinski definition) is 2. The highest BCUT2D eigenvalue weighted by molar-refractivity contribution is 5.74. The topological polar surface area (TPSA) is 40.5 Å². The van der Waals surface area contributed by atoms with Crippen LogP contribution in [0.4, 0.5) is 0 Å². The molecule has 114 valence electrons. The SMILES string of the molecule is O=C(O)C1CC2CCCCC2N1CCC1CCCCC1. The van der Waals surface area contributed by atoms with Crippen molar-refractivity contribution in [1.82, 2.24) is 4.90 Å². The van der Waals surface area contributed by atoms with Crippen LogP contribution in [0.25, 0.3) is 0 Å². The monoisotopic (exact) mass is 279 g/mol. The molecule has 0 amide bonds. The molecule has 2 aliphatic carbocycles. The first-order valence-corrected chi connectivity index (χ1v) is 8.74. The molecule has 0 radical (unpaired) electrons. The van der Waals surface area contributed by atoms with Crippen molar-refractivity contribution in [3.63, 3.8) is 0 Å². The average molecular weight is 279 g/mol. The summed E-state index contributed by atoms with van der Waals surface area (Å²) in [5.41, 5.74) is 0. The molecule has 3 fully saturated rings. The fraction of sp³-hybridized carbons (Fsp3) is 0.941. The van der Waals surface area contributed by atoms with E-state index in [2.05, 4.69) is 4.90 Å². The van der Waals surface area contributed by atoms with Crippen molar-refractivity contribution in [2.24, 2.45) is 11.8 Å². The first kappa shape index (κ1) is 14.4. The normalized spacial score (nSPS) is 35.9. The Morgan fingerprint density at radius 3 is 2.45 bits per heavy atom. The highest BCUT2D eigenvalue weighted by atomic mass is 16.4. The zero-order chi connectivity index (χ0) is 13.9. The van der Waals surface area contributed by atoms with Crippen molar-refractivity contribution in [3.05, 3.63) is 0 Å². The minimum atomic E-state index is -0.581. The third-order valence-corrected chi connectivity index (χ3v) is 6.03. The number of carboxylic acid groups (broad SMARTS) is 1. The molecule has 0 spiro atoms. The Bertz CT molecular complexity index is 338. The second kappa shape index (κ2) is 6.46. The third-order valence-electron chi connectivity index (χ3n) is 6.03. The van der Waals surface area contributed by atoms with Crippen molar-refractivity contribution in [2.75, 3.05) is 6.54 Å². The molecule has 3 nitrogen and oxygen atoms in total. The van der Waals surface area contributed by atoms with Gasteiger partial charge in [-0.15, -0.1) is 0 Å². The molecular weight excluding hydrogens is 250 g/mol. The van der Waals surface area contributed by atoms with Gasteiger partial charge in [-0.05, 0) is 44.1 Å². The van der Waals surface area contributed by atoms with Crippen LogP contribution in [0.1, 0.15) is 70.6 Å². The highest BCUT2D eigenvalue weighted by Crippen LogP contribution is 2.40. The third kappa shape index (κ3) is 3.03. The molecule has 3 rings (SSSR count). The van der Waals surface area contributed by atoms with Crippen LogP contribution in [-0.2, 0) is 4.79 Å². The van der Waals surface area contributed by atoms with Crippen molar-refractivity contribution < 1.29 is 9.90 Å². The molecule has 3 heteroatoms. The van der Waals surface area contributed by atoms with E-state index in [1.807, 2.05) is 0 Å². The Labute approximate surface area is 122 Å². The molecular formula is C17H29NO2. The van der Waals surface area contributed by atoms with E-state index in [0.717, 1.165) is 18.9 Å². The van der Waals surface area contributed by atoms with Gasteiger partial charge < -0.3 is 5.11 Å². The predicted octanol–water partition coefficient (Wildman–Crippen LogP) is 3.67. The van der Waals surface area contributed by atoms with Crippen LogP contribution in [0, 0.1) is 11.8 Å². The van der Waals surface area contributed by atoms with Crippen molar-refractivity contribution in [3.8, 4) is 0 Å². The van der Waals surface area contributed by atoms with Crippen molar-refractivity contribution in [1.29, 1.82) is 0 Å². The maximum Gasteiger partial charge on any atom is 0.320 e. The van der Waals surface area contributed by atoms with E-state index in [9.17, 15) is 9.90 Å². The fourth-order valence-electron chi connectivity index (χ4n) is 4.92. The summed E-state index contributed by atoms with van der Waals surface area (Å²) >= 11 is 0. The first-order chi connectivity index (χ1) is 9.75. The fourth-order valence-corrected chi connectivity index (χ4v) is 4.92. The lowest BCUT2D eigenvalue weighted by molar-refractivity contribution is -0.142. The van der Waals surface area contributed by atoms with Gasteiger partial charge in [0.25, 0.3) is 0 Å². The lowest BCUT2D eigenvalue weighted by atomic mass is 9.84. The average Bonchev–Trinajstić information content (AvgIpc) is 2.85. The molecule has 1 aliphatic heterocycles. The van der Waals surface area contributed by atoms with E-state index in [4.69, 9.17) is 0 Å². The van der Waals surface area contributed by atoms with Gasteiger partial charge in [-0.3, -0.25) is 9.69 Å². The number of rotatable bonds is 4. The zero-order valence-electron chi connectivity index (χ0n) is 12.6. The summed E-state index contributed by atoms with van der Waals surface area (Å²) in [5.74, 6) is 0.945. The molecule has 1 saturated heterocycles. The van der Waals surface area contributed by atoms with Crippen LogP contribution in [0.3, 0.4) is 0 Å². The maximum absolute atomic E-state index is 11.6. The van der Waals surface area contributed by atoms with Gasteiger partial charge in [0.15, 0.2) is 0 Å². The van der Waals surface area contributed by atoms with Crippen LogP contribution in [0.5, 0.6) is 0 Å². The number of fused-ring (bicyclic) bond motifs is 1. The van der Waals surface area contributed by atoms with E-state index in [1.54, 1.807) is 0 Å². The lowest BCUT2D eigenvalue weighted by Crippen LogP contribution is -2.43. The van der Waals surface area contributed by atoms with Crippen molar-refractivity contribution >= 4 is 5.97 Å². The quantitative estimate of drug-likeness (QED) is 0.853. The van der Waals surface area contributed by atoms with Crippen LogP contribution >= 0.6 is 0 Å². The first-order valence-electron chi connectivity index (χ1n) is 8.74. The number of likely N-dealkylation sites (tertiary alicyclic amines) is 1. The molecule has 0 aromatic rings. The Morgan fingerprint density at radius 2 is 1.70 bits per heavy atom. The zero-order valence-corrected chi connectivity index (χ0v) is 12.6. The Kier molecular flexibility index (Phi) is 4.65. The summed E-state index contributed by atoms with van der Waals surface area (Å²) in [6.45, 7) is 1.03. The van der Waals surface area contributed by atoms with Crippen LogP contribution in [-0.4, -0.2) is 34.6 Å². The van der Waals surface area contributed by atoms with Crippen LogP contribution < -0.4 is 0 Å². The standard InChI is InChI=1S/C17H29NO2/c19-17(20)16-12-14-8-4-5-9-15(14)18(16)11-10-13-6-2-1-3-7-13/h13-16H,1-12H2,(H,19,20). The van der Waals surface area contributed by atoms with E-state index in [-0.39, 0.29) is 6.04 Å². The van der Waals surface area contributed by atoms with Crippen LogP contribution in [0.2, 0.25) is 0 Å².